The molecule has 0 saturated heterocycles. The number of anilines is 2. The van der Waals surface area contributed by atoms with Gasteiger partial charge in [0.05, 0.1) is 12.8 Å². The summed E-state index contributed by atoms with van der Waals surface area (Å²) in [5.41, 5.74) is 5.15. The Kier molecular flexibility index (Phi) is 8.52. The van der Waals surface area contributed by atoms with Crippen LogP contribution in [0.4, 0.5) is 11.4 Å². The van der Waals surface area contributed by atoms with Crippen molar-refractivity contribution in [2.45, 2.75) is 20.4 Å². The molecule has 0 radical (unpaired) electrons. The van der Waals surface area contributed by atoms with Crippen LogP contribution in [0, 0.1) is 13.8 Å². The van der Waals surface area contributed by atoms with Crippen molar-refractivity contribution in [3.63, 3.8) is 0 Å². The monoisotopic (exact) mass is 539 g/mol. The van der Waals surface area contributed by atoms with Crippen molar-refractivity contribution < 1.29 is 23.6 Å². The predicted molar refractivity (Wildman–Crippen MR) is 134 cm³/mol. The number of halogens is 1. The number of hydrogen-bond donors (Lipinski definition) is 4. The third-order valence-corrected chi connectivity index (χ3v) is 5.27. The van der Waals surface area contributed by atoms with E-state index in [0.717, 1.165) is 15.6 Å². The third kappa shape index (κ3) is 7.64. The minimum absolute atomic E-state index is 0.0328. The summed E-state index contributed by atoms with van der Waals surface area (Å²) in [5, 5.41) is 11.1. The molecule has 1 heterocycles. The second kappa shape index (κ2) is 11.7. The van der Waals surface area contributed by atoms with Crippen LogP contribution in [0.2, 0.25) is 0 Å². The van der Waals surface area contributed by atoms with Crippen molar-refractivity contribution in [2.75, 3.05) is 10.6 Å². The third-order valence-electron chi connectivity index (χ3n) is 4.74. The van der Waals surface area contributed by atoms with Gasteiger partial charge in [-0.2, -0.15) is 5.10 Å². The normalized spacial score (nSPS) is 10.6. The standard InChI is InChI=1S/C24H22BrN5O5/c1-14-3-6-18(11-15(14)2)29-22(32)21(31)26-12-19-9-10-20(35-19)13-27-30-24(34)23(33)28-17-7-4-16(25)5-8-17/h3-11,13H,12H2,1-2H3,(H,26,31)(H,28,33)(H,29,32)(H,30,34)/b27-13-. The van der Waals surface area contributed by atoms with Crippen LogP contribution >= 0.6 is 15.9 Å². The van der Waals surface area contributed by atoms with Gasteiger partial charge in [-0.25, -0.2) is 5.43 Å². The molecule has 4 N–H and O–H groups in total. The minimum atomic E-state index is -0.960. The number of furan rings is 1. The zero-order valence-electron chi connectivity index (χ0n) is 18.8. The second-order valence-electron chi connectivity index (χ2n) is 7.40. The highest BCUT2D eigenvalue weighted by molar-refractivity contribution is 9.10. The number of hydrogen-bond acceptors (Lipinski definition) is 6. The molecule has 4 amide bonds. The highest BCUT2D eigenvalue weighted by Gasteiger charge is 2.15. The Bertz CT molecular complexity index is 1280. The lowest BCUT2D eigenvalue weighted by Gasteiger charge is -2.07. The van der Waals surface area contributed by atoms with Crippen LogP contribution in [0.25, 0.3) is 0 Å². The Morgan fingerprint density at radius 3 is 2.20 bits per heavy atom. The zero-order valence-corrected chi connectivity index (χ0v) is 20.4. The van der Waals surface area contributed by atoms with Crippen LogP contribution < -0.4 is 21.4 Å². The summed E-state index contributed by atoms with van der Waals surface area (Å²) in [7, 11) is 0. The number of benzene rings is 2. The molecule has 0 fully saturated rings. The molecule has 0 bridgehead atoms. The van der Waals surface area contributed by atoms with Crippen LogP contribution in [0.3, 0.4) is 0 Å². The van der Waals surface area contributed by atoms with Gasteiger partial charge in [0.2, 0.25) is 0 Å². The molecule has 11 heteroatoms. The van der Waals surface area contributed by atoms with Crippen molar-refractivity contribution in [3.05, 3.63) is 81.7 Å². The number of carbonyl (C=O) groups excluding carboxylic acids is 4. The molecular formula is C24H22BrN5O5. The largest absolute Gasteiger partial charge is 0.458 e. The first kappa shape index (κ1) is 25.4. The van der Waals surface area contributed by atoms with Crippen molar-refractivity contribution in [3.8, 4) is 0 Å². The van der Waals surface area contributed by atoms with Crippen LogP contribution in [-0.4, -0.2) is 29.8 Å². The summed E-state index contributed by atoms with van der Waals surface area (Å²) in [4.78, 5) is 47.9. The lowest BCUT2D eigenvalue weighted by atomic mass is 10.1. The topological polar surface area (TPSA) is 142 Å². The number of rotatable bonds is 6. The van der Waals surface area contributed by atoms with E-state index in [0.29, 0.717) is 17.1 Å². The molecule has 0 aliphatic rings. The maximum atomic E-state index is 12.1. The Balaban J connectivity index is 1.43. The van der Waals surface area contributed by atoms with E-state index in [1.54, 1.807) is 48.5 Å². The van der Waals surface area contributed by atoms with E-state index < -0.39 is 23.6 Å². The van der Waals surface area contributed by atoms with Crippen molar-refractivity contribution >= 4 is 57.1 Å². The van der Waals surface area contributed by atoms with Gasteiger partial charge in [-0.3, -0.25) is 19.2 Å². The number of aryl methyl sites for hydroxylation is 2. The van der Waals surface area contributed by atoms with Crippen LogP contribution in [-0.2, 0) is 25.7 Å². The van der Waals surface area contributed by atoms with Gasteiger partial charge in [-0.05, 0) is 73.5 Å². The Morgan fingerprint density at radius 1 is 0.829 bits per heavy atom. The van der Waals surface area contributed by atoms with Crippen LogP contribution in [0.1, 0.15) is 22.6 Å². The van der Waals surface area contributed by atoms with Crippen molar-refractivity contribution in [1.29, 1.82) is 0 Å². The molecule has 35 heavy (non-hydrogen) atoms. The van der Waals surface area contributed by atoms with Crippen molar-refractivity contribution in [2.24, 2.45) is 5.10 Å². The molecule has 0 saturated carbocycles. The average Bonchev–Trinajstić information content (AvgIpc) is 3.28. The van der Waals surface area contributed by atoms with E-state index in [1.807, 2.05) is 19.9 Å². The summed E-state index contributed by atoms with van der Waals surface area (Å²) in [6.45, 7) is 3.83. The zero-order chi connectivity index (χ0) is 25.4. The first-order valence-electron chi connectivity index (χ1n) is 10.4. The van der Waals surface area contributed by atoms with Gasteiger partial charge in [-0.1, -0.05) is 22.0 Å². The summed E-state index contributed by atoms with van der Waals surface area (Å²) < 4.78 is 6.29. The molecule has 3 rings (SSSR count). The van der Waals surface area contributed by atoms with E-state index in [-0.39, 0.29) is 12.3 Å². The molecule has 1 aromatic heterocycles. The molecule has 180 valence electrons. The average molecular weight is 540 g/mol. The highest BCUT2D eigenvalue weighted by atomic mass is 79.9. The molecule has 0 atom stereocenters. The SMILES string of the molecule is Cc1ccc(NC(=O)C(=O)NCc2ccc(/C=N\NC(=O)C(=O)Nc3ccc(Br)cc3)o2)cc1C. The molecule has 0 unspecified atom stereocenters. The van der Waals surface area contributed by atoms with Gasteiger partial charge >= 0.3 is 23.6 Å². The van der Waals surface area contributed by atoms with Gasteiger partial charge < -0.3 is 20.4 Å². The van der Waals surface area contributed by atoms with Gasteiger partial charge in [-0.15, -0.1) is 0 Å². The molecule has 0 aliphatic carbocycles. The number of nitrogens with one attached hydrogen (secondary N) is 4. The number of hydrazone groups is 1. The van der Waals surface area contributed by atoms with Crippen LogP contribution in [0.5, 0.6) is 0 Å². The van der Waals surface area contributed by atoms with Gasteiger partial charge in [0.25, 0.3) is 0 Å². The van der Waals surface area contributed by atoms with E-state index in [9.17, 15) is 19.2 Å². The number of amides is 4. The molecule has 0 spiro atoms. The Hall–Kier alpha value is -4.25. The number of carbonyl (C=O) groups is 4. The maximum Gasteiger partial charge on any atom is 0.329 e. The van der Waals surface area contributed by atoms with Crippen molar-refractivity contribution in [1.82, 2.24) is 10.7 Å². The first-order valence-corrected chi connectivity index (χ1v) is 11.2. The Labute approximate surface area is 209 Å². The molecule has 3 aromatic rings. The smallest absolute Gasteiger partial charge is 0.329 e. The van der Waals surface area contributed by atoms with Gasteiger partial charge in [0.1, 0.15) is 11.5 Å². The lowest BCUT2D eigenvalue weighted by molar-refractivity contribution is -0.136. The van der Waals surface area contributed by atoms with Gasteiger partial charge in [0.15, 0.2) is 0 Å². The minimum Gasteiger partial charge on any atom is -0.458 e. The van der Waals surface area contributed by atoms with Gasteiger partial charge in [0, 0.05) is 15.8 Å². The van der Waals surface area contributed by atoms with E-state index >= 15 is 0 Å². The maximum absolute atomic E-state index is 12.1. The van der Waals surface area contributed by atoms with Crippen LogP contribution in [0.15, 0.2) is 68.6 Å². The second-order valence-corrected chi connectivity index (χ2v) is 8.32. The fraction of sp³-hybridized carbons (Fsp3) is 0.125. The van der Waals surface area contributed by atoms with E-state index in [4.69, 9.17) is 4.42 Å². The molecule has 0 aliphatic heterocycles. The summed E-state index contributed by atoms with van der Waals surface area (Å²) in [6, 6.07) is 15.2. The lowest BCUT2D eigenvalue weighted by Crippen LogP contribution is -2.34. The highest BCUT2D eigenvalue weighted by Crippen LogP contribution is 2.15. The predicted octanol–water partition coefficient (Wildman–Crippen LogP) is 3.00. The summed E-state index contributed by atoms with van der Waals surface area (Å²) >= 11 is 3.28. The fourth-order valence-electron chi connectivity index (χ4n) is 2.74. The van der Waals surface area contributed by atoms with E-state index in [2.05, 4.69) is 42.4 Å². The quantitative estimate of drug-likeness (QED) is 0.216. The number of nitrogens with zero attached hydrogens (tertiary/aromatic N) is 1. The summed E-state index contributed by atoms with van der Waals surface area (Å²) in [6.07, 6.45) is 1.20. The Morgan fingerprint density at radius 2 is 1.49 bits per heavy atom. The molecule has 10 nitrogen and oxygen atoms in total. The first-order chi connectivity index (χ1) is 16.7. The fourth-order valence-corrected chi connectivity index (χ4v) is 3.00. The molecular weight excluding hydrogens is 518 g/mol. The summed E-state index contributed by atoms with van der Waals surface area (Å²) in [5.74, 6) is -2.84. The van der Waals surface area contributed by atoms with E-state index in [1.165, 1.54) is 6.21 Å². The molecule has 2 aromatic carbocycles.